The zero-order valence-electron chi connectivity index (χ0n) is 13.8. The number of benzene rings is 2. The van der Waals surface area contributed by atoms with Crippen molar-refractivity contribution in [2.75, 3.05) is 7.11 Å². The van der Waals surface area contributed by atoms with Gasteiger partial charge in [0.2, 0.25) is 0 Å². The molecule has 126 valence electrons. The van der Waals surface area contributed by atoms with Crippen LogP contribution < -0.4 is 9.47 Å². The second-order valence-electron chi connectivity index (χ2n) is 5.38. The fraction of sp³-hybridized carbons (Fsp3) is 0.100. The molecule has 25 heavy (non-hydrogen) atoms. The van der Waals surface area contributed by atoms with Crippen LogP contribution in [0.15, 0.2) is 53.0 Å². The number of pyridine rings is 1. The van der Waals surface area contributed by atoms with Gasteiger partial charge in [-0.1, -0.05) is 34.1 Å². The predicted molar refractivity (Wildman–Crippen MR) is 103 cm³/mol. The maximum Gasteiger partial charge on any atom is 0.308 e. The van der Waals surface area contributed by atoms with Gasteiger partial charge in [0.15, 0.2) is 5.75 Å². The molecule has 3 aromatic rings. The minimum atomic E-state index is -0.367. The molecule has 0 spiro atoms. The molecule has 1 aromatic heterocycles. The molecule has 0 unspecified atom stereocenters. The van der Waals surface area contributed by atoms with Gasteiger partial charge in [0, 0.05) is 22.3 Å². The Morgan fingerprint density at radius 3 is 2.68 bits per heavy atom. The summed E-state index contributed by atoms with van der Waals surface area (Å²) in [6.45, 7) is 1.38. The third-order valence-corrected chi connectivity index (χ3v) is 4.08. The van der Waals surface area contributed by atoms with E-state index in [1.165, 1.54) is 6.92 Å². The summed E-state index contributed by atoms with van der Waals surface area (Å²) in [5, 5.41) is 0.913. The lowest BCUT2D eigenvalue weighted by atomic mass is 10.1. The van der Waals surface area contributed by atoms with E-state index in [9.17, 15) is 4.79 Å². The molecule has 4 nitrogen and oxygen atoms in total. The van der Waals surface area contributed by atoms with E-state index in [1.54, 1.807) is 13.2 Å². The van der Waals surface area contributed by atoms with Crippen LogP contribution in [-0.4, -0.2) is 18.1 Å². The van der Waals surface area contributed by atoms with Gasteiger partial charge in [0.1, 0.15) is 11.3 Å². The Morgan fingerprint density at radius 2 is 1.92 bits per heavy atom. The van der Waals surface area contributed by atoms with Gasteiger partial charge in [0.05, 0.1) is 12.8 Å². The van der Waals surface area contributed by atoms with E-state index in [2.05, 4.69) is 20.9 Å². The second kappa shape index (κ2) is 7.49. The fourth-order valence-electron chi connectivity index (χ4n) is 2.48. The molecule has 0 aliphatic heterocycles. The summed E-state index contributed by atoms with van der Waals surface area (Å²) < 4.78 is 11.6. The highest BCUT2D eigenvalue weighted by atomic mass is 79.9. The molecule has 0 aliphatic carbocycles. The monoisotopic (exact) mass is 397 g/mol. The normalized spacial score (nSPS) is 11.0. The summed E-state index contributed by atoms with van der Waals surface area (Å²) in [4.78, 5) is 15.9. The minimum Gasteiger partial charge on any atom is -0.496 e. The highest BCUT2D eigenvalue weighted by Crippen LogP contribution is 2.27. The number of aromatic nitrogens is 1. The molecule has 0 aliphatic rings. The van der Waals surface area contributed by atoms with Crippen molar-refractivity contribution in [3.8, 4) is 11.5 Å². The van der Waals surface area contributed by atoms with E-state index in [4.69, 9.17) is 9.47 Å². The number of hydrogen-bond acceptors (Lipinski definition) is 4. The van der Waals surface area contributed by atoms with Crippen molar-refractivity contribution in [1.29, 1.82) is 0 Å². The van der Waals surface area contributed by atoms with E-state index in [0.717, 1.165) is 26.9 Å². The van der Waals surface area contributed by atoms with Crippen molar-refractivity contribution in [2.24, 2.45) is 0 Å². The Morgan fingerprint density at radius 1 is 1.08 bits per heavy atom. The van der Waals surface area contributed by atoms with Crippen LogP contribution in [0.3, 0.4) is 0 Å². The molecule has 0 atom stereocenters. The SMILES string of the molecule is COc1ccc(Br)cc1/C=C/c1ccc2cccc(OC(C)=O)c2n1. The number of para-hydroxylation sites is 1. The molecule has 2 aromatic carbocycles. The first-order chi connectivity index (χ1) is 12.1. The number of carbonyl (C=O) groups excluding carboxylic acids is 1. The molecule has 0 bridgehead atoms. The van der Waals surface area contributed by atoms with Crippen LogP contribution in [0, 0.1) is 0 Å². The number of nitrogens with zero attached hydrogens (tertiary/aromatic N) is 1. The van der Waals surface area contributed by atoms with Crippen molar-refractivity contribution < 1.29 is 14.3 Å². The maximum atomic E-state index is 11.3. The lowest BCUT2D eigenvalue weighted by molar-refractivity contribution is -0.131. The van der Waals surface area contributed by atoms with Crippen molar-refractivity contribution in [3.63, 3.8) is 0 Å². The standard InChI is InChI=1S/C20H16BrNO3/c1-13(23)25-19-5-3-4-14-6-9-17(22-20(14)19)10-7-15-12-16(21)8-11-18(15)24-2/h3-12H,1-2H3/b10-7+. The topological polar surface area (TPSA) is 48.4 Å². The zero-order valence-corrected chi connectivity index (χ0v) is 15.4. The first-order valence-corrected chi connectivity index (χ1v) is 8.46. The Balaban J connectivity index is 1.99. The number of hydrogen-bond donors (Lipinski definition) is 0. The van der Waals surface area contributed by atoms with Crippen LogP contribution in [0.1, 0.15) is 18.2 Å². The minimum absolute atomic E-state index is 0.367. The van der Waals surface area contributed by atoms with E-state index in [-0.39, 0.29) is 5.97 Å². The smallest absolute Gasteiger partial charge is 0.308 e. The van der Waals surface area contributed by atoms with Crippen LogP contribution in [0.2, 0.25) is 0 Å². The second-order valence-corrected chi connectivity index (χ2v) is 6.29. The zero-order chi connectivity index (χ0) is 17.8. The van der Waals surface area contributed by atoms with Crippen LogP contribution in [-0.2, 0) is 4.79 Å². The third-order valence-electron chi connectivity index (χ3n) is 3.58. The first-order valence-electron chi connectivity index (χ1n) is 7.66. The van der Waals surface area contributed by atoms with E-state index < -0.39 is 0 Å². The number of halogens is 1. The number of fused-ring (bicyclic) bond motifs is 1. The molecule has 0 N–H and O–H groups in total. The molecule has 0 saturated heterocycles. The summed E-state index contributed by atoms with van der Waals surface area (Å²) in [6.07, 6.45) is 3.83. The summed E-state index contributed by atoms with van der Waals surface area (Å²) in [5.74, 6) is 0.871. The predicted octanol–water partition coefficient (Wildman–Crippen LogP) is 5.10. The Kier molecular flexibility index (Phi) is 5.14. The average Bonchev–Trinajstić information content (AvgIpc) is 2.60. The van der Waals surface area contributed by atoms with Crippen LogP contribution in [0.5, 0.6) is 11.5 Å². The fourth-order valence-corrected chi connectivity index (χ4v) is 2.85. The van der Waals surface area contributed by atoms with Crippen LogP contribution in [0.4, 0.5) is 0 Å². The molecule has 5 heteroatoms. The summed E-state index contributed by atoms with van der Waals surface area (Å²) in [6, 6.07) is 15.2. The molecule has 3 rings (SSSR count). The van der Waals surface area contributed by atoms with Crippen LogP contribution >= 0.6 is 15.9 Å². The number of carbonyl (C=O) groups is 1. The lowest BCUT2D eigenvalue weighted by Crippen LogP contribution is -2.02. The number of rotatable bonds is 4. The van der Waals surface area contributed by atoms with Gasteiger partial charge in [-0.05, 0) is 42.5 Å². The van der Waals surface area contributed by atoms with E-state index in [0.29, 0.717) is 11.3 Å². The third kappa shape index (κ3) is 4.06. The molecule has 0 fully saturated rings. The molecular weight excluding hydrogens is 382 g/mol. The summed E-state index contributed by atoms with van der Waals surface area (Å²) in [7, 11) is 1.64. The summed E-state index contributed by atoms with van der Waals surface area (Å²) in [5.41, 5.74) is 2.35. The highest BCUT2D eigenvalue weighted by Gasteiger charge is 2.07. The molecule has 1 heterocycles. The van der Waals surface area contributed by atoms with Crippen molar-refractivity contribution in [2.45, 2.75) is 6.92 Å². The summed E-state index contributed by atoms with van der Waals surface area (Å²) >= 11 is 3.46. The van der Waals surface area contributed by atoms with Gasteiger partial charge in [-0.15, -0.1) is 0 Å². The van der Waals surface area contributed by atoms with Gasteiger partial charge in [-0.3, -0.25) is 4.79 Å². The van der Waals surface area contributed by atoms with Gasteiger partial charge in [0.25, 0.3) is 0 Å². The van der Waals surface area contributed by atoms with Crippen molar-refractivity contribution in [1.82, 2.24) is 4.98 Å². The van der Waals surface area contributed by atoms with Gasteiger partial charge in [-0.25, -0.2) is 4.98 Å². The number of methoxy groups -OCH3 is 1. The van der Waals surface area contributed by atoms with Crippen LogP contribution in [0.25, 0.3) is 23.1 Å². The Bertz CT molecular complexity index is 966. The van der Waals surface area contributed by atoms with Crippen molar-refractivity contribution in [3.05, 3.63) is 64.3 Å². The number of esters is 1. The molecule has 0 saturated carbocycles. The van der Waals surface area contributed by atoms with E-state index >= 15 is 0 Å². The Hall–Kier alpha value is -2.66. The number of ether oxygens (including phenoxy) is 2. The first kappa shape index (κ1) is 17.2. The maximum absolute atomic E-state index is 11.3. The van der Waals surface area contributed by atoms with E-state index in [1.807, 2.05) is 54.6 Å². The molecule has 0 amide bonds. The molecule has 0 radical (unpaired) electrons. The van der Waals surface area contributed by atoms with Gasteiger partial charge < -0.3 is 9.47 Å². The van der Waals surface area contributed by atoms with Crippen molar-refractivity contribution >= 4 is 45.0 Å². The van der Waals surface area contributed by atoms with Gasteiger partial charge in [-0.2, -0.15) is 0 Å². The highest BCUT2D eigenvalue weighted by molar-refractivity contribution is 9.10. The average molecular weight is 398 g/mol. The van der Waals surface area contributed by atoms with Gasteiger partial charge >= 0.3 is 5.97 Å². The molecular formula is C20H16BrNO3. The largest absolute Gasteiger partial charge is 0.496 e. The Labute approximate surface area is 154 Å². The quantitative estimate of drug-likeness (QED) is 0.453. The lowest BCUT2D eigenvalue weighted by Gasteiger charge is -2.07.